The molecule has 13 heavy (non-hydrogen) atoms. The van der Waals surface area contributed by atoms with Crippen molar-refractivity contribution in [2.75, 3.05) is 19.6 Å². The first-order valence-electron chi connectivity index (χ1n) is 5.07. The molecule has 0 aromatic heterocycles. The Labute approximate surface area is 80.3 Å². The van der Waals surface area contributed by atoms with E-state index in [0.717, 1.165) is 19.6 Å². The van der Waals surface area contributed by atoms with Crippen LogP contribution in [0.1, 0.15) is 20.8 Å². The molecule has 1 unspecified atom stereocenters. The summed E-state index contributed by atoms with van der Waals surface area (Å²) in [6.07, 6.45) is -0.226. The molecule has 1 saturated heterocycles. The van der Waals surface area contributed by atoms with Crippen LogP contribution in [0.5, 0.6) is 0 Å². The van der Waals surface area contributed by atoms with Crippen molar-refractivity contribution >= 4 is 0 Å². The molecular formula is C9H21N3O. The van der Waals surface area contributed by atoms with E-state index in [1.807, 2.05) is 18.7 Å². The molecule has 1 aliphatic heterocycles. The van der Waals surface area contributed by atoms with E-state index in [4.69, 9.17) is 0 Å². The van der Waals surface area contributed by atoms with Gasteiger partial charge in [0, 0.05) is 19.6 Å². The Morgan fingerprint density at radius 2 is 1.92 bits per heavy atom. The molecule has 0 spiro atoms. The molecule has 0 amide bonds. The van der Waals surface area contributed by atoms with Crippen molar-refractivity contribution in [1.82, 2.24) is 15.5 Å². The first kappa shape index (κ1) is 10.9. The molecule has 1 atom stereocenters. The number of hydrogen-bond donors (Lipinski definition) is 3. The Balaban J connectivity index is 2.49. The van der Waals surface area contributed by atoms with Crippen LogP contribution in [0.15, 0.2) is 0 Å². The van der Waals surface area contributed by atoms with Gasteiger partial charge in [-0.05, 0) is 5.92 Å². The van der Waals surface area contributed by atoms with Gasteiger partial charge in [-0.1, -0.05) is 20.8 Å². The Morgan fingerprint density at radius 1 is 1.38 bits per heavy atom. The second-order valence-corrected chi connectivity index (χ2v) is 3.80. The first-order valence-corrected chi connectivity index (χ1v) is 5.07. The summed E-state index contributed by atoms with van der Waals surface area (Å²) in [6, 6.07) is 0. The van der Waals surface area contributed by atoms with E-state index in [1.165, 1.54) is 0 Å². The van der Waals surface area contributed by atoms with Gasteiger partial charge in [-0.3, -0.25) is 15.5 Å². The van der Waals surface area contributed by atoms with E-state index in [1.54, 1.807) is 0 Å². The third kappa shape index (κ3) is 2.64. The number of nitrogens with one attached hydrogen (secondary N) is 2. The van der Waals surface area contributed by atoms with Gasteiger partial charge in [0.15, 0.2) is 0 Å². The zero-order valence-corrected chi connectivity index (χ0v) is 8.75. The minimum atomic E-state index is -0.368. The molecule has 0 radical (unpaired) electrons. The second kappa shape index (κ2) is 4.91. The third-order valence-electron chi connectivity index (χ3n) is 2.43. The van der Waals surface area contributed by atoms with Gasteiger partial charge in [-0.2, -0.15) is 0 Å². The normalized spacial score (nSPS) is 21.7. The Bertz CT molecular complexity index is 144. The van der Waals surface area contributed by atoms with Crippen LogP contribution < -0.4 is 10.6 Å². The Morgan fingerprint density at radius 3 is 2.31 bits per heavy atom. The number of hydrogen-bond acceptors (Lipinski definition) is 4. The van der Waals surface area contributed by atoms with Crippen LogP contribution in [0.3, 0.4) is 0 Å². The van der Waals surface area contributed by atoms with Crippen LogP contribution in [0, 0.1) is 5.92 Å². The largest absolute Gasteiger partial charge is 0.378 e. The molecular weight excluding hydrogens is 166 g/mol. The van der Waals surface area contributed by atoms with E-state index in [9.17, 15) is 5.11 Å². The van der Waals surface area contributed by atoms with Crippen molar-refractivity contribution in [2.24, 2.45) is 5.92 Å². The van der Waals surface area contributed by atoms with Crippen molar-refractivity contribution in [3.05, 3.63) is 0 Å². The van der Waals surface area contributed by atoms with Gasteiger partial charge in [0.2, 0.25) is 0 Å². The van der Waals surface area contributed by atoms with Crippen LogP contribution in [-0.4, -0.2) is 42.2 Å². The van der Waals surface area contributed by atoms with Gasteiger partial charge < -0.3 is 5.11 Å². The minimum absolute atomic E-state index is 0.141. The molecule has 3 N–H and O–H groups in total. The van der Waals surface area contributed by atoms with E-state index in [0.29, 0.717) is 0 Å². The van der Waals surface area contributed by atoms with E-state index in [2.05, 4.69) is 17.6 Å². The van der Waals surface area contributed by atoms with Gasteiger partial charge in [0.25, 0.3) is 0 Å². The maximum atomic E-state index is 9.89. The lowest BCUT2D eigenvalue weighted by Gasteiger charge is -2.34. The number of aliphatic hydroxyl groups is 1. The number of nitrogens with zero attached hydrogens (tertiary/aromatic N) is 1. The lowest BCUT2D eigenvalue weighted by Crippen LogP contribution is -2.54. The first-order chi connectivity index (χ1) is 6.16. The Kier molecular flexibility index (Phi) is 4.12. The number of rotatable bonds is 4. The fourth-order valence-corrected chi connectivity index (χ4v) is 1.63. The lowest BCUT2D eigenvalue weighted by atomic mass is 10.1. The summed E-state index contributed by atoms with van der Waals surface area (Å²) in [5.74, 6) is 0.268. The summed E-state index contributed by atoms with van der Waals surface area (Å²) < 4.78 is 0. The SMILES string of the molecule is CCN(C1NCCN1)C(O)C(C)C. The van der Waals surface area contributed by atoms with E-state index in [-0.39, 0.29) is 18.4 Å². The summed E-state index contributed by atoms with van der Waals surface area (Å²) in [4.78, 5) is 2.04. The van der Waals surface area contributed by atoms with Gasteiger partial charge in [0.1, 0.15) is 12.5 Å². The summed E-state index contributed by atoms with van der Waals surface area (Å²) in [7, 11) is 0. The molecule has 0 aromatic rings. The van der Waals surface area contributed by atoms with Crippen molar-refractivity contribution in [1.29, 1.82) is 0 Å². The van der Waals surface area contributed by atoms with Crippen LogP contribution in [0.4, 0.5) is 0 Å². The summed E-state index contributed by atoms with van der Waals surface area (Å²) in [6.45, 7) is 8.93. The molecule has 78 valence electrons. The average molecular weight is 187 g/mol. The molecule has 0 aliphatic carbocycles. The molecule has 1 aliphatic rings. The van der Waals surface area contributed by atoms with Crippen molar-refractivity contribution in [2.45, 2.75) is 33.3 Å². The van der Waals surface area contributed by atoms with Gasteiger partial charge in [-0.15, -0.1) is 0 Å². The topological polar surface area (TPSA) is 47.5 Å². The summed E-state index contributed by atoms with van der Waals surface area (Å²) in [5, 5.41) is 16.5. The molecule has 0 aromatic carbocycles. The standard InChI is InChI=1S/C9H21N3O/c1-4-12(8(13)7(2)3)9-10-5-6-11-9/h7-11,13H,4-6H2,1-3H3. The van der Waals surface area contributed by atoms with Gasteiger partial charge in [0.05, 0.1) is 0 Å². The quantitative estimate of drug-likeness (QED) is 0.532. The second-order valence-electron chi connectivity index (χ2n) is 3.80. The Hall–Kier alpha value is -0.160. The van der Waals surface area contributed by atoms with E-state index < -0.39 is 0 Å². The molecule has 0 saturated carbocycles. The lowest BCUT2D eigenvalue weighted by molar-refractivity contribution is -0.0604. The summed E-state index contributed by atoms with van der Waals surface area (Å²) in [5.41, 5.74) is 0. The zero-order chi connectivity index (χ0) is 9.84. The highest BCUT2D eigenvalue weighted by atomic mass is 16.3. The maximum absolute atomic E-state index is 9.89. The van der Waals surface area contributed by atoms with Crippen molar-refractivity contribution < 1.29 is 5.11 Å². The van der Waals surface area contributed by atoms with Gasteiger partial charge in [-0.25, -0.2) is 0 Å². The van der Waals surface area contributed by atoms with Crippen LogP contribution in [-0.2, 0) is 0 Å². The van der Waals surface area contributed by atoms with E-state index >= 15 is 0 Å². The van der Waals surface area contributed by atoms with Gasteiger partial charge >= 0.3 is 0 Å². The smallest absolute Gasteiger partial charge is 0.116 e. The molecule has 4 nitrogen and oxygen atoms in total. The molecule has 1 heterocycles. The third-order valence-corrected chi connectivity index (χ3v) is 2.43. The molecule has 1 rings (SSSR count). The zero-order valence-electron chi connectivity index (χ0n) is 8.75. The fourth-order valence-electron chi connectivity index (χ4n) is 1.63. The highest BCUT2D eigenvalue weighted by molar-refractivity contribution is 4.76. The van der Waals surface area contributed by atoms with Crippen LogP contribution in [0.2, 0.25) is 0 Å². The molecule has 4 heteroatoms. The predicted octanol–water partition coefficient (Wildman–Crippen LogP) is -0.241. The predicted molar refractivity (Wildman–Crippen MR) is 53.0 cm³/mol. The highest BCUT2D eigenvalue weighted by Gasteiger charge is 2.26. The number of aliphatic hydroxyl groups excluding tert-OH is 1. The minimum Gasteiger partial charge on any atom is -0.378 e. The average Bonchev–Trinajstić information content (AvgIpc) is 2.58. The van der Waals surface area contributed by atoms with Crippen molar-refractivity contribution in [3.8, 4) is 0 Å². The fraction of sp³-hybridized carbons (Fsp3) is 1.00. The maximum Gasteiger partial charge on any atom is 0.116 e. The van der Waals surface area contributed by atoms with Crippen LogP contribution >= 0.6 is 0 Å². The monoisotopic (exact) mass is 187 g/mol. The molecule has 1 fully saturated rings. The molecule has 0 bridgehead atoms. The van der Waals surface area contributed by atoms with Crippen LogP contribution in [0.25, 0.3) is 0 Å². The van der Waals surface area contributed by atoms with Crippen molar-refractivity contribution in [3.63, 3.8) is 0 Å². The highest BCUT2D eigenvalue weighted by Crippen LogP contribution is 2.10. The summed E-state index contributed by atoms with van der Waals surface area (Å²) >= 11 is 0.